The topological polar surface area (TPSA) is 0 Å². The molecule has 2 fully saturated rings. The Hall–Kier alpha value is -0.520. The van der Waals surface area contributed by atoms with E-state index < -0.39 is 0 Å². The molecule has 0 saturated heterocycles. The summed E-state index contributed by atoms with van der Waals surface area (Å²) in [6, 6.07) is 0. The summed E-state index contributed by atoms with van der Waals surface area (Å²) in [5.74, 6) is 5.41. The Morgan fingerprint density at radius 3 is 2.52 bits per heavy atom. The highest BCUT2D eigenvalue weighted by Crippen LogP contribution is 2.65. The van der Waals surface area contributed by atoms with E-state index in [0.717, 1.165) is 35.5 Å². The van der Waals surface area contributed by atoms with Gasteiger partial charge >= 0.3 is 0 Å². The van der Waals surface area contributed by atoms with Crippen molar-refractivity contribution in [2.24, 2.45) is 46.3 Å². The van der Waals surface area contributed by atoms with Crippen LogP contribution in [-0.4, -0.2) is 0 Å². The summed E-state index contributed by atoms with van der Waals surface area (Å²) in [6.07, 6.45) is 21.2. The molecule has 0 aliphatic heterocycles. The van der Waals surface area contributed by atoms with Gasteiger partial charge in [0.05, 0.1) is 0 Å². The van der Waals surface area contributed by atoms with E-state index in [1.807, 2.05) is 11.1 Å². The van der Waals surface area contributed by atoms with Crippen LogP contribution in [0.1, 0.15) is 112 Å². The molecule has 0 nitrogen and oxygen atoms in total. The molecule has 164 valence electrons. The first-order valence-electron chi connectivity index (χ1n) is 13.2. The number of fused-ring (bicyclic) bond motifs is 5. The van der Waals surface area contributed by atoms with Gasteiger partial charge in [-0.2, -0.15) is 0 Å². The van der Waals surface area contributed by atoms with E-state index in [0.29, 0.717) is 10.8 Å². The molecule has 0 spiro atoms. The van der Waals surface area contributed by atoms with Crippen LogP contribution in [0.5, 0.6) is 0 Å². The van der Waals surface area contributed by atoms with Crippen LogP contribution in [0.25, 0.3) is 0 Å². The van der Waals surface area contributed by atoms with Gasteiger partial charge in [0.1, 0.15) is 0 Å². The van der Waals surface area contributed by atoms with Crippen molar-refractivity contribution in [3.05, 3.63) is 23.3 Å². The van der Waals surface area contributed by atoms with Crippen LogP contribution >= 0.6 is 0 Å². The van der Waals surface area contributed by atoms with E-state index in [1.54, 1.807) is 0 Å². The first kappa shape index (κ1) is 21.7. The second-order valence-electron chi connectivity index (χ2n) is 12.4. The lowest BCUT2D eigenvalue weighted by Crippen LogP contribution is -2.47. The highest BCUT2D eigenvalue weighted by Gasteiger charge is 2.55. The Bertz CT molecular complexity index is 651. The van der Waals surface area contributed by atoms with Crippen molar-refractivity contribution in [2.45, 2.75) is 112 Å². The van der Waals surface area contributed by atoms with Gasteiger partial charge in [-0.25, -0.2) is 0 Å². The maximum atomic E-state index is 2.74. The van der Waals surface area contributed by atoms with E-state index in [2.05, 4.69) is 53.7 Å². The average Bonchev–Trinajstić information content (AvgIpc) is 3.04. The van der Waals surface area contributed by atoms with E-state index in [4.69, 9.17) is 0 Å². The number of hydrogen-bond donors (Lipinski definition) is 0. The molecular formula is C29H48. The summed E-state index contributed by atoms with van der Waals surface area (Å²) >= 11 is 0. The minimum absolute atomic E-state index is 0.462. The summed E-state index contributed by atoms with van der Waals surface area (Å²) in [7, 11) is 0. The molecule has 4 rings (SSSR count). The lowest BCUT2D eigenvalue weighted by molar-refractivity contribution is 0.00486. The number of allylic oxidation sites excluding steroid dienone is 4. The zero-order valence-corrected chi connectivity index (χ0v) is 20.4. The summed E-state index contributed by atoms with van der Waals surface area (Å²) < 4.78 is 0. The molecule has 0 aromatic carbocycles. The van der Waals surface area contributed by atoms with E-state index >= 15 is 0 Å². The Morgan fingerprint density at radius 2 is 1.79 bits per heavy atom. The molecule has 6 unspecified atom stereocenters. The average molecular weight is 397 g/mol. The Balaban J connectivity index is 1.50. The molecule has 29 heavy (non-hydrogen) atoms. The fraction of sp³-hybridized carbons (Fsp3) is 0.862. The summed E-state index contributed by atoms with van der Waals surface area (Å²) in [5.41, 5.74) is 4.68. The van der Waals surface area contributed by atoms with Gasteiger partial charge in [-0.15, -0.1) is 0 Å². The molecule has 0 bridgehead atoms. The molecule has 2 saturated carbocycles. The van der Waals surface area contributed by atoms with Crippen LogP contribution in [0.15, 0.2) is 23.3 Å². The molecule has 0 aromatic rings. The molecule has 0 radical (unpaired) electrons. The highest BCUT2D eigenvalue weighted by atomic mass is 14.6. The zero-order chi connectivity index (χ0) is 20.8. The lowest BCUT2D eigenvalue weighted by Gasteiger charge is -2.57. The van der Waals surface area contributed by atoms with Crippen molar-refractivity contribution >= 4 is 0 Å². The predicted molar refractivity (Wildman–Crippen MR) is 127 cm³/mol. The molecule has 0 heterocycles. The summed E-state index contributed by atoms with van der Waals surface area (Å²) in [5, 5.41) is 0. The van der Waals surface area contributed by atoms with Crippen LogP contribution in [-0.2, 0) is 0 Å². The second-order valence-corrected chi connectivity index (χ2v) is 12.4. The first-order chi connectivity index (χ1) is 13.8. The summed E-state index contributed by atoms with van der Waals surface area (Å²) in [4.78, 5) is 0. The molecule has 0 heteroatoms. The van der Waals surface area contributed by atoms with Crippen LogP contribution in [0.3, 0.4) is 0 Å². The minimum atomic E-state index is 0.462. The quantitative estimate of drug-likeness (QED) is 0.420. The standard InChI is InChI=1S/C29H48/c1-7-22-15-17-28(5)23(19-22)11-12-24-26-14-13-25(21(4)10-8-9-20(2)3)29(26,6)18-16-27(24)28/h12,14,20-23,25,27H,7-11,13,15-19H2,1-6H3/t21-,22?,23?,25?,27?,28?,29?/m1/s1. The van der Waals surface area contributed by atoms with E-state index in [1.165, 1.54) is 70.6 Å². The first-order valence-corrected chi connectivity index (χ1v) is 13.2. The smallest absolute Gasteiger partial charge is 0.00418 e. The van der Waals surface area contributed by atoms with Crippen LogP contribution < -0.4 is 0 Å². The molecule has 0 N–H and O–H groups in total. The normalized spacial score (nSPS) is 42.6. The fourth-order valence-electron chi connectivity index (χ4n) is 8.31. The maximum Gasteiger partial charge on any atom is -0.00418 e. The summed E-state index contributed by atoms with van der Waals surface area (Å²) in [6.45, 7) is 15.1. The molecule has 7 atom stereocenters. The Morgan fingerprint density at radius 1 is 1.00 bits per heavy atom. The number of rotatable bonds is 6. The van der Waals surface area contributed by atoms with Gasteiger partial charge < -0.3 is 0 Å². The van der Waals surface area contributed by atoms with Crippen LogP contribution in [0.4, 0.5) is 0 Å². The third-order valence-electron chi connectivity index (χ3n) is 10.4. The van der Waals surface area contributed by atoms with Gasteiger partial charge in [0, 0.05) is 0 Å². The second kappa shape index (κ2) is 8.20. The van der Waals surface area contributed by atoms with Gasteiger partial charge in [-0.1, -0.05) is 79.4 Å². The van der Waals surface area contributed by atoms with Crippen molar-refractivity contribution < 1.29 is 0 Å². The number of hydrogen-bond acceptors (Lipinski definition) is 0. The van der Waals surface area contributed by atoms with Crippen molar-refractivity contribution in [2.75, 3.05) is 0 Å². The van der Waals surface area contributed by atoms with Crippen molar-refractivity contribution in [1.29, 1.82) is 0 Å². The van der Waals surface area contributed by atoms with Crippen molar-refractivity contribution in [3.8, 4) is 0 Å². The van der Waals surface area contributed by atoms with Crippen molar-refractivity contribution in [3.63, 3.8) is 0 Å². The molecular weight excluding hydrogens is 348 g/mol. The highest BCUT2D eigenvalue weighted by molar-refractivity contribution is 5.46. The molecule has 0 aromatic heterocycles. The maximum absolute atomic E-state index is 2.74. The Kier molecular flexibility index (Phi) is 6.14. The third-order valence-corrected chi connectivity index (χ3v) is 10.4. The van der Waals surface area contributed by atoms with Gasteiger partial charge in [-0.05, 0) is 102 Å². The zero-order valence-electron chi connectivity index (χ0n) is 20.4. The van der Waals surface area contributed by atoms with Gasteiger partial charge in [-0.3, -0.25) is 0 Å². The van der Waals surface area contributed by atoms with Crippen molar-refractivity contribution in [1.82, 2.24) is 0 Å². The third kappa shape index (κ3) is 3.70. The predicted octanol–water partition coefficient (Wildman–Crippen LogP) is 8.97. The molecule has 4 aliphatic rings. The van der Waals surface area contributed by atoms with E-state index in [-0.39, 0.29) is 0 Å². The monoisotopic (exact) mass is 396 g/mol. The van der Waals surface area contributed by atoms with Gasteiger partial charge in [0.15, 0.2) is 0 Å². The Labute approximate surface area is 182 Å². The lowest BCUT2D eigenvalue weighted by atomic mass is 9.48. The van der Waals surface area contributed by atoms with Gasteiger partial charge in [0.25, 0.3) is 0 Å². The fourth-order valence-corrected chi connectivity index (χ4v) is 8.31. The largest absolute Gasteiger partial charge is 0.0804 e. The van der Waals surface area contributed by atoms with Gasteiger partial charge in [0.2, 0.25) is 0 Å². The van der Waals surface area contributed by atoms with E-state index in [9.17, 15) is 0 Å². The SMILES string of the molecule is CCC1CCC2(C)C(CC=C3C4=CCC([C@H](C)CCCC(C)C)C4(C)CCC32)C1. The molecule has 4 aliphatic carbocycles. The van der Waals surface area contributed by atoms with Crippen LogP contribution in [0.2, 0.25) is 0 Å². The van der Waals surface area contributed by atoms with Crippen LogP contribution in [0, 0.1) is 46.3 Å². The molecule has 0 amide bonds. The minimum Gasteiger partial charge on any atom is -0.0804 e.